The van der Waals surface area contributed by atoms with Gasteiger partial charge in [-0.05, 0) is 44.8 Å². The highest BCUT2D eigenvalue weighted by Crippen LogP contribution is 2.12. The lowest BCUT2D eigenvalue weighted by Crippen LogP contribution is -2.27. The molecule has 116 valence electrons. The first kappa shape index (κ1) is 17.2. The van der Waals surface area contributed by atoms with Crippen molar-refractivity contribution >= 4 is 0 Å². The zero-order valence-electron chi connectivity index (χ0n) is 13.8. The predicted molar refractivity (Wildman–Crippen MR) is 83.5 cm³/mol. The van der Waals surface area contributed by atoms with Crippen LogP contribution in [0.25, 0.3) is 0 Å². The van der Waals surface area contributed by atoms with Gasteiger partial charge in [-0.25, -0.2) is 0 Å². The van der Waals surface area contributed by atoms with E-state index in [9.17, 15) is 0 Å². The summed E-state index contributed by atoms with van der Waals surface area (Å²) in [7, 11) is 1.92. The standard InChI is InChI=1S/C16H31N3O/c1-13(2)6-8-19(9-7-14(3)4)12-16-10-15(11-17-5)18-20-16/h10,13-14,17H,6-9,11-12H2,1-5H3. The smallest absolute Gasteiger partial charge is 0.151 e. The molecule has 0 radical (unpaired) electrons. The molecule has 0 unspecified atom stereocenters. The summed E-state index contributed by atoms with van der Waals surface area (Å²) in [4.78, 5) is 2.49. The monoisotopic (exact) mass is 281 g/mol. The predicted octanol–water partition coefficient (Wildman–Crippen LogP) is 3.29. The summed E-state index contributed by atoms with van der Waals surface area (Å²) in [5.41, 5.74) is 0.982. The number of aromatic nitrogens is 1. The lowest BCUT2D eigenvalue weighted by atomic mass is 10.1. The minimum Gasteiger partial charge on any atom is -0.360 e. The summed E-state index contributed by atoms with van der Waals surface area (Å²) in [6.07, 6.45) is 2.46. The first-order valence-electron chi connectivity index (χ1n) is 7.82. The van der Waals surface area contributed by atoms with Crippen molar-refractivity contribution in [2.45, 2.75) is 53.6 Å². The van der Waals surface area contributed by atoms with Gasteiger partial charge in [-0.2, -0.15) is 0 Å². The second kappa shape index (κ2) is 9.14. The van der Waals surface area contributed by atoms with Gasteiger partial charge < -0.3 is 9.84 Å². The van der Waals surface area contributed by atoms with E-state index >= 15 is 0 Å². The van der Waals surface area contributed by atoms with Crippen LogP contribution in [0.4, 0.5) is 0 Å². The summed E-state index contributed by atoms with van der Waals surface area (Å²) in [6, 6.07) is 2.06. The van der Waals surface area contributed by atoms with Gasteiger partial charge >= 0.3 is 0 Å². The van der Waals surface area contributed by atoms with E-state index in [0.29, 0.717) is 0 Å². The fourth-order valence-electron chi connectivity index (χ4n) is 2.07. The Morgan fingerprint density at radius 1 is 1.15 bits per heavy atom. The maximum Gasteiger partial charge on any atom is 0.151 e. The molecule has 0 saturated heterocycles. The van der Waals surface area contributed by atoms with Crippen molar-refractivity contribution in [2.75, 3.05) is 20.1 Å². The molecule has 20 heavy (non-hydrogen) atoms. The zero-order chi connectivity index (χ0) is 15.0. The zero-order valence-corrected chi connectivity index (χ0v) is 13.8. The van der Waals surface area contributed by atoms with Gasteiger partial charge in [0.05, 0.1) is 12.2 Å². The molecule has 1 rings (SSSR count). The van der Waals surface area contributed by atoms with Crippen molar-refractivity contribution in [1.82, 2.24) is 15.4 Å². The lowest BCUT2D eigenvalue weighted by molar-refractivity contribution is 0.209. The van der Waals surface area contributed by atoms with Crippen molar-refractivity contribution in [3.05, 3.63) is 17.5 Å². The fraction of sp³-hybridized carbons (Fsp3) is 0.812. The minimum atomic E-state index is 0.742. The third-order valence-corrected chi connectivity index (χ3v) is 3.39. The molecule has 0 fully saturated rings. The van der Waals surface area contributed by atoms with Crippen LogP contribution in [0.2, 0.25) is 0 Å². The molecule has 0 aliphatic carbocycles. The van der Waals surface area contributed by atoms with E-state index in [1.165, 1.54) is 12.8 Å². The van der Waals surface area contributed by atoms with Gasteiger partial charge in [0, 0.05) is 12.6 Å². The van der Waals surface area contributed by atoms with E-state index in [4.69, 9.17) is 4.52 Å². The number of hydrogen-bond acceptors (Lipinski definition) is 4. The molecular weight excluding hydrogens is 250 g/mol. The number of nitrogens with zero attached hydrogens (tertiary/aromatic N) is 2. The van der Waals surface area contributed by atoms with Crippen molar-refractivity contribution in [3.63, 3.8) is 0 Å². The molecule has 1 heterocycles. The normalized spacial score (nSPS) is 12.0. The molecule has 4 nitrogen and oxygen atoms in total. The van der Waals surface area contributed by atoms with Crippen LogP contribution in [-0.4, -0.2) is 30.2 Å². The molecule has 1 aromatic rings. The van der Waals surface area contributed by atoms with Gasteiger partial charge in [0.15, 0.2) is 5.76 Å². The average Bonchev–Trinajstić information content (AvgIpc) is 2.80. The van der Waals surface area contributed by atoms with Crippen LogP contribution >= 0.6 is 0 Å². The van der Waals surface area contributed by atoms with Crippen LogP contribution in [0.3, 0.4) is 0 Å². The van der Waals surface area contributed by atoms with E-state index in [0.717, 1.165) is 49.5 Å². The Bertz CT molecular complexity index is 348. The Morgan fingerprint density at radius 2 is 1.75 bits per heavy atom. The van der Waals surface area contributed by atoms with E-state index < -0.39 is 0 Å². The van der Waals surface area contributed by atoms with Crippen LogP contribution in [0, 0.1) is 11.8 Å². The van der Waals surface area contributed by atoms with Crippen LogP contribution in [0.5, 0.6) is 0 Å². The maximum absolute atomic E-state index is 5.43. The Balaban J connectivity index is 2.52. The Morgan fingerprint density at radius 3 is 2.25 bits per heavy atom. The summed E-state index contributed by atoms with van der Waals surface area (Å²) in [5.74, 6) is 2.46. The largest absolute Gasteiger partial charge is 0.360 e. The molecule has 0 aliphatic heterocycles. The fourth-order valence-corrected chi connectivity index (χ4v) is 2.07. The van der Waals surface area contributed by atoms with Crippen LogP contribution in [-0.2, 0) is 13.1 Å². The van der Waals surface area contributed by atoms with Gasteiger partial charge in [-0.3, -0.25) is 4.90 Å². The molecule has 1 aromatic heterocycles. The summed E-state index contributed by atoms with van der Waals surface area (Å²) < 4.78 is 5.43. The molecule has 0 aromatic carbocycles. The molecular formula is C16H31N3O. The third kappa shape index (κ3) is 7.06. The first-order valence-corrected chi connectivity index (χ1v) is 7.82. The highest BCUT2D eigenvalue weighted by molar-refractivity contribution is 5.05. The summed E-state index contributed by atoms with van der Waals surface area (Å²) in [6.45, 7) is 13.0. The van der Waals surface area contributed by atoms with Gasteiger partial charge in [0.25, 0.3) is 0 Å². The van der Waals surface area contributed by atoms with Gasteiger partial charge in [-0.1, -0.05) is 32.9 Å². The van der Waals surface area contributed by atoms with Crippen LogP contribution in [0.15, 0.2) is 10.6 Å². The maximum atomic E-state index is 5.43. The number of hydrogen-bond donors (Lipinski definition) is 1. The van der Waals surface area contributed by atoms with Gasteiger partial charge in [-0.15, -0.1) is 0 Å². The Hall–Kier alpha value is -0.870. The molecule has 0 bridgehead atoms. The molecule has 0 amide bonds. The summed E-state index contributed by atoms with van der Waals surface area (Å²) >= 11 is 0. The number of rotatable bonds is 10. The van der Waals surface area contributed by atoms with Gasteiger partial charge in [0.1, 0.15) is 0 Å². The van der Waals surface area contributed by atoms with Crippen LogP contribution < -0.4 is 5.32 Å². The second-order valence-corrected chi connectivity index (χ2v) is 6.46. The van der Waals surface area contributed by atoms with Crippen molar-refractivity contribution in [2.24, 2.45) is 11.8 Å². The molecule has 1 N–H and O–H groups in total. The van der Waals surface area contributed by atoms with E-state index in [1.54, 1.807) is 0 Å². The van der Waals surface area contributed by atoms with Gasteiger partial charge in [0.2, 0.25) is 0 Å². The lowest BCUT2D eigenvalue weighted by Gasteiger charge is -2.22. The highest BCUT2D eigenvalue weighted by Gasteiger charge is 2.11. The second-order valence-electron chi connectivity index (χ2n) is 6.46. The highest BCUT2D eigenvalue weighted by atomic mass is 16.5. The van der Waals surface area contributed by atoms with E-state index in [2.05, 4.69) is 49.1 Å². The van der Waals surface area contributed by atoms with Crippen molar-refractivity contribution in [3.8, 4) is 0 Å². The molecule has 0 aliphatic rings. The van der Waals surface area contributed by atoms with E-state index in [1.807, 2.05) is 7.05 Å². The first-order chi connectivity index (χ1) is 9.51. The average molecular weight is 281 g/mol. The topological polar surface area (TPSA) is 41.3 Å². The van der Waals surface area contributed by atoms with Crippen molar-refractivity contribution in [1.29, 1.82) is 0 Å². The summed E-state index contributed by atoms with van der Waals surface area (Å²) in [5, 5.41) is 7.18. The SMILES string of the molecule is CNCc1cc(CN(CCC(C)C)CCC(C)C)on1. The molecule has 0 atom stereocenters. The molecule has 0 saturated carbocycles. The molecule has 0 spiro atoms. The Kier molecular flexibility index (Phi) is 7.85. The van der Waals surface area contributed by atoms with Crippen LogP contribution in [0.1, 0.15) is 52.0 Å². The quantitative estimate of drug-likeness (QED) is 0.714. The molecule has 4 heteroatoms. The third-order valence-electron chi connectivity index (χ3n) is 3.39. The Labute approximate surface area is 123 Å². The van der Waals surface area contributed by atoms with Crippen molar-refractivity contribution < 1.29 is 4.52 Å². The number of nitrogens with one attached hydrogen (secondary N) is 1. The minimum absolute atomic E-state index is 0.742. The van der Waals surface area contributed by atoms with E-state index in [-0.39, 0.29) is 0 Å².